The van der Waals surface area contributed by atoms with E-state index < -0.39 is 5.60 Å². The fourth-order valence-electron chi connectivity index (χ4n) is 3.93. The summed E-state index contributed by atoms with van der Waals surface area (Å²) in [6, 6.07) is 32.7. The molecule has 0 bridgehead atoms. The molecule has 4 aromatic rings. The lowest BCUT2D eigenvalue weighted by Gasteiger charge is -2.27. The van der Waals surface area contributed by atoms with Gasteiger partial charge in [0.25, 0.3) is 0 Å². The molecule has 0 fully saturated rings. The summed E-state index contributed by atoms with van der Waals surface area (Å²) >= 11 is 0. The van der Waals surface area contributed by atoms with Crippen molar-refractivity contribution in [3.63, 3.8) is 0 Å². The maximum atomic E-state index is 13.5. The Balaban J connectivity index is 1.63. The monoisotopic (exact) mass is 420 g/mol. The first-order chi connectivity index (χ1) is 15.4. The minimum absolute atomic E-state index is 0.0537. The molecule has 0 aliphatic heterocycles. The highest BCUT2D eigenvalue weighted by Gasteiger charge is 2.35. The SMILES string of the molecule is COC(C)(C(=O)c1cccc(-c2ccc(-c3ccc(C)cc3)cc2)c1)c1ccc(C)cc1. The number of rotatable bonds is 6. The number of ether oxygens (including phenoxy) is 1. The van der Waals surface area contributed by atoms with E-state index in [9.17, 15) is 4.79 Å². The third-order valence-electron chi connectivity index (χ3n) is 6.17. The third-order valence-corrected chi connectivity index (χ3v) is 6.17. The van der Waals surface area contributed by atoms with E-state index in [2.05, 4.69) is 55.5 Å². The maximum absolute atomic E-state index is 13.5. The van der Waals surface area contributed by atoms with Crippen molar-refractivity contribution in [2.24, 2.45) is 0 Å². The lowest BCUT2D eigenvalue weighted by atomic mass is 9.86. The second kappa shape index (κ2) is 8.94. The summed E-state index contributed by atoms with van der Waals surface area (Å²) in [4.78, 5) is 13.5. The first kappa shape index (κ1) is 21.7. The van der Waals surface area contributed by atoms with Crippen LogP contribution in [0.2, 0.25) is 0 Å². The van der Waals surface area contributed by atoms with Crippen molar-refractivity contribution in [1.82, 2.24) is 0 Å². The van der Waals surface area contributed by atoms with Crippen LogP contribution in [0.1, 0.15) is 34.0 Å². The fraction of sp³-hybridized carbons (Fsp3) is 0.167. The number of hydrogen-bond acceptors (Lipinski definition) is 2. The summed E-state index contributed by atoms with van der Waals surface area (Å²) < 4.78 is 5.75. The first-order valence-corrected chi connectivity index (χ1v) is 10.9. The zero-order valence-electron chi connectivity index (χ0n) is 19.1. The van der Waals surface area contributed by atoms with E-state index in [0.29, 0.717) is 5.56 Å². The molecule has 0 aromatic heterocycles. The quantitative estimate of drug-likeness (QED) is 0.304. The highest BCUT2D eigenvalue weighted by molar-refractivity contribution is 6.03. The van der Waals surface area contributed by atoms with Crippen LogP contribution in [-0.4, -0.2) is 12.9 Å². The van der Waals surface area contributed by atoms with Crippen LogP contribution >= 0.6 is 0 Å². The lowest BCUT2D eigenvalue weighted by Crippen LogP contribution is -2.34. The molecule has 0 heterocycles. The lowest BCUT2D eigenvalue weighted by molar-refractivity contribution is 0.0101. The number of benzene rings is 4. The largest absolute Gasteiger partial charge is 0.366 e. The average molecular weight is 421 g/mol. The van der Waals surface area contributed by atoms with Gasteiger partial charge in [-0.3, -0.25) is 4.79 Å². The van der Waals surface area contributed by atoms with Crippen molar-refractivity contribution >= 4 is 5.78 Å². The van der Waals surface area contributed by atoms with Gasteiger partial charge in [-0.2, -0.15) is 0 Å². The third kappa shape index (κ3) is 4.28. The number of aryl methyl sites for hydroxylation is 2. The second-order valence-electron chi connectivity index (χ2n) is 8.46. The van der Waals surface area contributed by atoms with Gasteiger partial charge >= 0.3 is 0 Å². The van der Waals surface area contributed by atoms with E-state index in [-0.39, 0.29) is 5.78 Å². The molecule has 1 atom stereocenters. The van der Waals surface area contributed by atoms with Crippen molar-refractivity contribution in [2.45, 2.75) is 26.4 Å². The summed E-state index contributed by atoms with van der Waals surface area (Å²) in [6.45, 7) is 5.96. The zero-order valence-corrected chi connectivity index (χ0v) is 19.1. The summed E-state index contributed by atoms with van der Waals surface area (Å²) in [5.41, 5.74) is 7.29. The van der Waals surface area contributed by atoms with Crippen molar-refractivity contribution < 1.29 is 9.53 Å². The molecule has 4 aromatic carbocycles. The highest BCUT2D eigenvalue weighted by atomic mass is 16.5. The highest BCUT2D eigenvalue weighted by Crippen LogP contribution is 2.31. The van der Waals surface area contributed by atoms with Crippen molar-refractivity contribution in [1.29, 1.82) is 0 Å². The Morgan fingerprint density at radius 1 is 0.656 bits per heavy atom. The Labute approximate surface area is 190 Å². The van der Waals surface area contributed by atoms with Gasteiger partial charge in [0.15, 0.2) is 11.4 Å². The number of methoxy groups -OCH3 is 1. The predicted octanol–water partition coefficient (Wildman–Crippen LogP) is 7.38. The Morgan fingerprint density at radius 2 is 1.12 bits per heavy atom. The number of carbonyl (C=O) groups excluding carboxylic acids is 1. The molecule has 0 amide bonds. The van der Waals surface area contributed by atoms with Gasteiger partial charge in [0.1, 0.15) is 0 Å². The molecular formula is C30H28O2. The van der Waals surface area contributed by atoms with E-state index >= 15 is 0 Å². The van der Waals surface area contributed by atoms with Gasteiger partial charge in [0.2, 0.25) is 0 Å². The summed E-state index contributed by atoms with van der Waals surface area (Å²) in [5.74, 6) is -0.0537. The second-order valence-corrected chi connectivity index (χ2v) is 8.46. The standard InChI is InChI=1S/C30H28O2/c1-21-8-12-23(13-9-21)24-14-16-25(17-15-24)26-6-5-7-27(20-26)29(31)30(3,32-4)28-18-10-22(2)11-19-28/h5-20H,1-4H3. The first-order valence-electron chi connectivity index (χ1n) is 10.9. The van der Waals surface area contributed by atoms with Crippen LogP contribution in [0.25, 0.3) is 22.3 Å². The molecular weight excluding hydrogens is 392 g/mol. The minimum Gasteiger partial charge on any atom is -0.366 e. The summed E-state index contributed by atoms with van der Waals surface area (Å²) in [6.07, 6.45) is 0. The smallest absolute Gasteiger partial charge is 0.198 e. The molecule has 2 nitrogen and oxygen atoms in total. The minimum atomic E-state index is -1.04. The van der Waals surface area contributed by atoms with E-state index in [4.69, 9.17) is 4.74 Å². The fourth-order valence-corrected chi connectivity index (χ4v) is 3.93. The van der Waals surface area contributed by atoms with Crippen LogP contribution in [0.3, 0.4) is 0 Å². The van der Waals surface area contributed by atoms with Crippen molar-refractivity contribution in [2.75, 3.05) is 7.11 Å². The Bertz CT molecular complexity index is 1220. The normalized spacial score (nSPS) is 12.9. The molecule has 0 saturated heterocycles. The van der Waals surface area contributed by atoms with Crippen LogP contribution in [0.5, 0.6) is 0 Å². The number of hydrogen-bond donors (Lipinski definition) is 0. The molecule has 0 N–H and O–H groups in total. The van der Waals surface area contributed by atoms with E-state index in [1.807, 2.05) is 62.4 Å². The van der Waals surface area contributed by atoms with E-state index in [0.717, 1.165) is 22.3 Å². The molecule has 32 heavy (non-hydrogen) atoms. The Hall–Kier alpha value is -3.49. The van der Waals surface area contributed by atoms with E-state index in [1.54, 1.807) is 7.11 Å². The Kier molecular flexibility index (Phi) is 6.07. The van der Waals surface area contributed by atoms with Crippen molar-refractivity contribution in [3.05, 3.63) is 119 Å². The predicted molar refractivity (Wildman–Crippen MR) is 132 cm³/mol. The molecule has 160 valence electrons. The number of Topliss-reactive ketones (excluding diaryl/α,β-unsaturated/α-hetero) is 1. The molecule has 0 saturated carbocycles. The van der Waals surface area contributed by atoms with Gasteiger partial charge in [0, 0.05) is 12.7 Å². The van der Waals surface area contributed by atoms with Gasteiger partial charge < -0.3 is 4.74 Å². The van der Waals surface area contributed by atoms with Crippen LogP contribution in [0.15, 0.2) is 97.1 Å². The van der Waals surface area contributed by atoms with Crippen LogP contribution in [0.4, 0.5) is 0 Å². The maximum Gasteiger partial charge on any atom is 0.198 e. The molecule has 0 aliphatic carbocycles. The molecule has 1 unspecified atom stereocenters. The molecule has 4 rings (SSSR count). The van der Waals surface area contributed by atoms with Gasteiger partial charge in [-0.1, -0.05) is 102 Å². The number of carbonyl (C=O) groups is 1. The Morgan fingerprint density at radius 3 is 1.66 bits per heavy atom. The van der Waals surface area contributed by atoms with Crippen LogP contribution in [-0.2, 0) is 10.3 Å². The van der Waals surface area contributed by atoms with Crippen molar-refractivity contribution in [3.8, 4) is 22.3 Å². The number of ketones is 1. The van der Waals surface area contributed by atoms with Gasteiger partial charge in [-0.15, -0.1) is 0 Å². The van der Waals surface area contributed by atoms with Gasteiger partial charge in [-0.05, 0) is 54.7 Å². The molecule has 0 spiro atoms. The van der Waals surface area contributed by atoms with Gasteiger partial charge in [0.05, 0.1) is 0 Å². The molecule has 0 radical (unpaired) electrons. The summed E-state index contributed by atoms with van der Waals surface area (Å²) in [7, 11) is 1.59. The van der Waals surface area contributed by atoms with E-state index in [1.165, 1.54) is 16.7 Å². The van der Waals surface area contributed by atoms with Gasteiger partial charge in [-0.25, -0.2) is 0 Å². The molecule has 0 aliphatic rings. The summed E-state index contributed by atoms with van der Waals surface area (Å²) in [5, 5.41) is 0. The average Bonchev–Trinajstić information content (AvgIpc) is 2.84. The van der Waals surface area contributed by atoms with Crippen LogP contribution in [0, 0.1) is 13.8 Å². The topological polar surface area (TPSA) is 26.3 Å². The molecule has 2 heteroatoms. The zero-order chi connectivity index (χ0) is 22.7. The van der Waals surface area contributed by atoms with Crippen LogP contribution < -0.4 is 0 Å².